The van der Waals surface area contributed by atoms with Crippen LogP contribution in [0.25, 0.3) is 54.2 Å². The highest BCUT2D eigenvalue weighted by atomic mass is 14.3. The van der Waals surface area contributed by atoms with E-state index in [9.17, 15) is 0 Å². The normalized spacial score (nSPS) is 20.1. The molecule has 250 valence electrons. The molecule has 2 atom stereocenters. The van der Waals surface area contributed by atoms with E-state index in [0.29, 0.717) is 0 Å². The molecule has 6 aromatic rings. The molecule has 4 aliphatic rings. The number of hydrogen-bond acceptors (Lipinski definition) is 0. The zero-order valence-corrected chi connectivity index (χ0v) is 29.3. The van der Waals surface area contributed by atoms with Crippen molar-refractivity contribution in [3.8, 4) is 0 Å². The Kier molecular flexibility index (Phi) is 7.95. The molecule has 0 aromatic heterocycles. The van der Waals surface area contributed by atoms with Crippen molar-refractivity contribution in [2.75, 3.05) is 0 Å². The Morgan fingerprint density at radius 3 is 1.31 bits per heavy atom. The summed E-state index contributed by atoms with van der Waals surface area (Å²) < 4.78 is 10.0. The Labute approximate surface area is 297 Å². The second kappa shape index (κ2) is 12.6. The molecule has 0 saturated carbocycles. The average molecular weight is 645 g/mol. The van der Waals surface area contributed by atoms with Gasteiger partial charge in [0.25, 0.3) is 0 Å². The van der Waals surface area contributed by atoms with Crippen LogP contribution in [0.1, 0.15) is 109 Å². The Balaban J connectivity index is 0.000000149. The van der Waals surface area contributed by atoms with E-state index in [2.05, 4.69) is 113 Å². The molecule has 0 heterocycles. The summed E-state index contributed by atoms with van der Waals surface area (Å²) in [6, 6.07) is 32.1. The van der Waals surface area contributed by atoms with Gasteiger partial charge in [-0.25, -0.2) is 0 Å². The van der Waals surface area contributed by atoms with E-state index in [1.165, 1.54) is 118 Å². The lowest BCUT2D eigenvalue weighted by Gasteiger charge is -2.35. The van der Waals surface area contributed by atoms with Crippen LogP contribution in [0.4, 0.5) is 0 Å². The monoisotopic (exact) mass is 644 g/mol. The summed E-state index contributed by atoms with van der Waals surface area (Å²) in [7, 11) is 0. The van der Waals surface area contributed by atoms with Gasteiger partial charge in [0, 0.05) is 2.97 Å². The summed E-state index contributed by atoms with van der Waals surface area (Å²) >= 11 is 0. The van der Waals surface area contributed by atoms with Crippen LogP contribution in [-0.4, -0.2) is 0 Å². The minimum atomic E-state index is 0. The van der Waals surface area contributed by atoms with Crippen molar-refractivity contribution in [1.29, 1.82) is 0 Å². The smallest absolute Gasteiger partial charge is 0 e. The fraction of sp³-hybridized carbons (Fsp3) is 0.347. The Bertz CT molecular complexity index is 2190. The van der Waals surface area contributed by atoms with Crippen LogP contribution in [0, 0.1) is 25.7 Å². The molecule has 0 heteroatoms. The maximum atomic E-state index is 5.00. The summed E-state index contributed by atoms with van der Waals surface area (Å²) in [5.74, 6) is 1.81. The van der Waals surface area contributed by atoms with E-state index >= 15 is 0 Å². The van der Waals surface area contributed by atoms with Gasteiger partial charge in [-0.15, -0.1) is 0 Å². The Morgan fingerprint density at radius 2 is 0.857 bits per heavy atom. The van der Waals surface area contributed by atoms with Crippen molar-refractivity contribution in [3.63, 3.8) is 0 Å². The minimum absolute atomic E-state index is 0. The number of rotatable bonds is 0. The zero-order valence-electron chi connectivity index (χ0n) is 31.3. The van der Waals surface area contributed by atoms with Crippen LogP contribution in [0.3, 0.4) is 0 Å². The van der Waals surface area contributed by atoms with Crippen molar-refractivity contribution < 1.29 is 2.97 Å². The average Bonchev–Trinajstić information content (AvgIpc) is 3.14. The molecule has 0 fully saturated rings. The first-order chi connectivity index (χ1) is 24.4. The van der Waals surface area contributed by atoms with Gasteiger partial charge in [0.15, 0.2) is 0 Å². The third kappa shape index (κ3) is 5.53. The van der Waals surface area contributed by atoms with Crippen molar-refractivity contribution in [2.24, 2.45) is 11.8 Å². The van der Waals surface area contributed by atoms with Gasteiger partial charge in [0.1, 0.15) is 0 Å². The third-order valence-corrected chi connectivity index (χ3v) is 12.4. The molecule has 0 spiro atoms. The van der Waals surface area contributed by atoms with E-state index in [0.717, 1.165) is 11.8 Å². The van der Waals surface area contributed by atoms with Crippen molar-refractivity contribution in [1.82, 2.24) is 0 Å². The van der Waals surface area contributed by atoms with E-state index in [-0.39, 0.29) is 7.43 Å². The first-order valence-corrected chi connectivity index (χ1v) is 18.7. The summed E-state index contributed by atoms with van der Waals surface area (Å²) in [5.41, 5.74) is 16.5. The van der Waals surface area contributed by atoms with Gasteiger partial charge in [0.05, 0.1) is 0 Å². The summed E-state index contributed by atoms with van der Waals surface area (Å²) in [6.45, 7) is 9.17. The Hall–Kier alpha value is -4.16. The number of fused-ring (bicyclic) bond motifs is 12. The number of benzene rings is 6. The predicted molar refractivity (Wildman–Crippen MR) is 218 cm³/mol. The van der Waals surface area contributed by atoms with Gasteiger partial charge >= 0.3 is 0 Å². The maximum absolute atomic E-state index is 5.00. The molecule has 0 amide bonds. The molecule has 6 aromatic carbocycles. The summed E-state index contributed by atoms with van der Waals surface area (Å²) in [4.78, 5) is 0. The second-order valence-corrected chi connectivity index (χ2v) is 15.8. The van der Waals surface area contributed by atoms with Gasteiger partial charge in [-0.1, -0.05) is 128 Å². The van der Waals surface area contributed by atoms with Crippen LogP contribution in [0.2, 0.25) is 0 Å². The molecule has 0 saturated heterocycles. The molecule has 0 bridgehead atoms. The van der Waals surface area contributed by atoms with E-state index in [1.54, 1.807) is 44.5 Å². The van der Waals surface area contributed by atoms with Crippen molar-refractivity contribution >= 4 is 54.2 Å². The molecule has 49 heavy (non-hydrogen) atoms. The first-order valence-electron chi connectivity index (χ1n) is 19.7. The third-order valence-electron chi connectivity index (χ3n) is 12.4. The predicted octanol–water partition coefficient (Wildman–Crippen LogP) is 14.5. The highest BCUT2D eigenvalue weighted by Gasteiger charge is 2.30. The van der Waals surface area contributed by atoms with Gasteiger partial charge in [-0.2, -0.15) is 0 Å². The number of hydrogen-bond donors (Lipinski definition) is 0. The highest BCUT2D eigenvalue weighted by molar-refractivity contribution is 6.22. The lowest BCUT2D eigenvalue weighted by atomic mass is 9.69. The summed E-state index contributed by atoms with van der Waals surface area (Å²) in [6.07, 6.45) is 13.5. The molecule has 0 aliphatic heterocycles. The first kappa shape index (κ1) is 30.9. The van der Waals surface area contributed by atoms with E-state index in [1.807, 2.05) is 0 Å². The fourth-order valence-electron chi connectivity index (χ4n) is 9.91. The highest BCUT2D eigenvalue weighted by Crippen LogP contribution is 2.48. The van der Waals surface area contributed by atoms with Gasteiger partial charge < -0.3 is 0 Å². The largest absolute Gasteiger partial charge is 0.0776 e. The van der Waals surface area contributed by atoms with E-state index < -0.39 is 0 Å². The SMILES string of the molecule is C.CC1CCC2=C(CCc3c2ccc2c3CCC3=C2CCC(C)C3)C1.Cc1ccc2c(ccc3c2ccc2c4ccc(C)cc4ccc23)c1.[2H][2H]. The Morgan fingerprint density at radius 1 is 0.469 bits per heavy atom. The lowest BCUT2D eigenvalue weighted by Crippen LogP contribution is -2.19. The minimum Gasteiger partial charge on any atom is -0.0776 e. The second-order valence-electron chi connectivity index (χ2n) is 15.8. The topological polar surface area (TPSA) is 0 Å². The molecule has 0 N–H and O–H groups in total. The molecule has 2 unspecified atom stereocenters. The van der Waals surface area contributed by atoms with Crippen LogP contribution in [-0.2, 0) is 12.8 Å². The molecule has 0 radical (unpaired) electrons. The number of aryl methyl sites for hydroxylation is 2. The van der Waals surface area contributed by atoms with Crippen LogP contribution in [0.5, 0.6) is 0 Å². The molecule has 0 nitrogen and oxygen atoms in total. The maximum Gasteiger partial charge on any atom is 0 e. The number of allylic oxidation sites excluding steroid dienone is 4. The van der Waals surface area contributed by atoms with Crippen molar-refractivity contribution in [2.45, 2.75) is 99.3 Å². The molecule has 4 aliphatic carbocycles. The van der Waals surface area contributed by atoms with Crippen LogP contribution in [0.15, 0.2) is 96.1 Å². The standard InChI is InChI=1S/C24H30.C24H18.CH4.H2/c2*1-15-3-7-19-17(13-15)5-9-23-21(19)11-12-22-20-8-4-16(2)14-18(20)6-10-24(22)23;;/h11-12,15-16H,3-10,13-14H2,1-2H3;3-14H,1-2H3;1H4;1H/i;;;1+1D. The van der Waals surface area contributed by atoms with Gasteiger partial charge in [-0.05, 0) is 166 Å². The van der Waals surface area contributed by atoms with E-state index in [4.69, 9.17) is 2.97 Å². The van der Waals surface area contributed by atoms with Crippen LogP contribution < -0.4 is 0 Å². The zero-order chi connectivity index (χ0) is 34.5. The molecular formula is C49H54. The lowest BCUT2D eigenvalue weighted by molar-refractivity contribution is 0.500. The van der Waals surface area contributed by atoms with Crippen LogP contribution >= 0.6 is 0 Å². The van der Waals surface area contributed by atoms with Gasteiger partial charge in [-0.3, -0.25) is 0 Å². The van der Waals surface area contributed by atoms with Crippen molar-refractivity contribution in [3.05, 3.63) is 129 Å². The molecule has 10 rings (SSSR count). The fourth-order valence-corrected chi connectivity index (χ4v) is 9.91. The quantitative estimate of drug-likeness (QED) is 0.144. The van der Waals surface area contributed by atoms with Gasteiger partial charge in [0.2, 0.25) is 0 Å². The molecular weight excluding hydrogens is 589 g/mol. The summed E-state index contributed by atoms with van der Waals surface area (Å²) in [5, 5.41) is 10.7.